The number of fused-ring (bicyclic) bond motifs is 2. The Morgan fingerprint density at radius 3 is 3.00 bits per heavy atom. The Labute approximate surface area is 91.3 Å². The van der Waals surface area contributed by atoms with Gasteiger partial charge in [0.25, 0.3) is 0 Å². The highest BCUT2D eigenvalue weighted by Crippen LogP contribution is 2.42. The molecule has 3 nitrogen and oxygen atoms in total. The van der Waals surface area contributed by atoms with Gasteiger partial charge in [0.1, 0.15) is 0 Å². The highest BCUT2D eigenvalue weighted by Gasteiger charge is 2.36. The smallest absolute Gasteiger partial charge is 0.240 e. The third-order valence-corrected chi connectivity index (χ3v) is 3.59. The average Bonchev–Trinajstić information content (AvgIpc) is 2.84. The van der Waals surface area contributed by atoms with E-state index in [1.54, 1.807) is 0 Å². The van der Waals surface area contributed by atoms with Crippen LogP contribution < -0.4 is 5.43 Å². The van der Waals surface area contributed by atoms with Crippen molar-refractivity contribution in [2.45, 2.75) is 51.9 Å². The van der Waals surface area contributed by atoms with E-state index < -0.39 is 0 Å². The molecular weight excluding hydrogens is 188 g/mol. The zero-order valence-electron chi connectivity index (χ0n) is 9.46. The van der Waals surface area contributed by atoms with Gasteiger partial charge in [0.05, 0.1) is 0 Å². The molecule has 1 N–H and O–H groups in total. The Hall–Kier alpha value is -0.860. The third kappa shape index (κ3) is 2.58. The summed E-state index contributed by atoms with van der Waals surface area (Å²) in [5.41, 5.74) is 3.94. The van der Waals surface area contributed by atoms with E-state index in [1.807, 2.05) is 0 Å². The van der Waals surface area contributed by atoms with Gasteiger partial charge in [-0.1, -0.05) is 13.3 Å². The molecule has 0 aromatic heterocycles. The Morgan fingerprint density at radius 1 is 1.53 bits per heavy atom. The van der Waals surface area contributed by atoms with Gasteiger partial charge in [-0.15, -0.1) is 0 Å². The minimum atomic E-state index is 0.0760. The maximum Gasteiger partial charge on any atom is 0.240 e. The number of nitrogens with zero attached hydrogens (tertiary/aromatic N) is 1. The van der Waals surface area contributed by atoms with Crippen LogP contribution in [0.4, 0.5) is 0 Å². The number of hydrogen-bond acceptors (Lipinski definition) is 2. The Morgan fingerprint density at radius 2 is 2.40 bits per heavy atom. The van der Waals surface area contributed by atoms with Crippen LogP contribution >= 0.6 is 0 Å². The number of hydrazone groups is 1. The van der Waals surface area contributed by atoms with Gasteiger partial charge in [-0.05, 0) is 43.9 Å². The van der Waals surface area contributed by atoms with Crippen LogP contribution in [0, 0.1) is 11.8 Å². The number of hydrogen-bond donors (Lipinski definition) is 1. The predicted molar refractivity (Wildman–Crippen MR) is 60.6 cm³/mol. The first kappa shape index (κ1) is 10.7. The van der Waals surface area contributed by atoms with Crippen molar-refractivity contribution in [3.8, 4) is 0 Å². The second-order valence-corrected chi connectivity index (χ2v) is 4.82. The number of amides is 1. The number of nitrogens with one attached hydrogen (secondary N) is 1. The lowest BCUT2D eigenvalue weighted by Crippen LogP contribution is -2.21. The summed E-state index contributed by atoms with van der Waals surface area (Å²) in [6.45, 7) is 2.09. The molecule has 2 aliphatic rings. The highest BCUT2D eigenvalue weighted by molar-refractivity contribution is 5.90. The molecule has 0 aromatic rings. The zero-order valence-corrected chi connectivity index (χ0v) is 9.46. The second-order valence-electron chi connectivity index (χ2n) is 4.82. The monoisotopic (exact) mass is 208 g/mol. The fourth-order valence-corrected chi connectivity index (χ4v) is 2.69. The normalized spacial score (nSPS) is 31.1. The number of unbranched alkanes of at least 4 members (excludes halogenated alkanes) is 1. The van der Waals surface area contributed by atoms with Crippen molar-refractivity contribution < 1.29 is 4.79 Å². The molecule has 0 heterocycles. The van der Waals surface area contributed by atoms with Gasteiger partial charge in [0.15, 0.2) is 0 Å². The van der Waals surface area contributed by atoms with Crippen molar-refractivity contribution in [1.82, 2.24) is 5.43 Å². The summed E-state index contributed by atoms with van der Waals surface area (Å²) in [4.78, 5) is 11.3. The topological polar surface area (TPSA) is 41.5 Å². The van der Waals surface area contributed by atoms with Crippen molar-refractivity contribution in [2.24, 2.45) is 16.9 Å². The third-order valence-electron chi connectivity index (χ3n) is 3.59. The zero-order chi connectivity index (χ0) is 10.7. The average molecular weight is 208 g/mol. The first-order valence-corrected chi connectivity index (χ1v) is 6.15. The summed E-state index contributed by atoms with van der Waals surface area (Å²) in [7, 11) is 0. The van der Waals surface area contributed by atoms with E-state index in [4.69, 9.17) is 0 Å². The van der Waals surface area contributed by atoms with Crippen LogP contribution in [-0.4, -0.2) is 11.6 Å². The van der Waals surface area contributed by atoms with Gasteiger partial charge in [-0.2, -0.15) is 5.10 Å². The minimum absolute atomic E-state index is 0.0760. The van der Waals surface area contributed by atoms with E-state index >= 15 is 0 Å². The maximum absolute atomic E-state index is 11.3. The van der Waals surface area contributed by atoms with Crippen LogP contribution in [0.1, 0.15) is 51.9 Å². The van der Waals surface area contributed by atoms with Crippen LogP contribution in [-0.2, 0) is 4.79 Å². The van der Waals surface area contributed by atoms with Gasteiger partial charge < -0.3 is 0 Å². The summed E-state index contributed by atoms with van der Waals surface area (Å²) in [5, 5.41) is 4.28. The molecule has 2 unspecified atom stereocenters. The van der Waals surface area contributed by atoms with Crippen LogP contribution in [0.25, 0.3) is 0 Å². The van der Waals surface area contributed by atoms with E-state index in [-0.39, 0.29) is 5.91 Å². The quantitative estimate of drug-likeness (QED) is 0.708. The van der Waals surface area contributed by atoms with Crippen molar-refractivity contribution >= 4 is 11.6 Å². The molecule has 2 bridgehead atoms. The lowest BCUT2D eigenvalue weighted by Gasteiger charge is -2.11. The fourth-order valence-electron chi connectivity index (χ4n) is 2.69. The highest BCUT2D eigenvalue weighted by atomic mass is 16.2. The van der Waals surface area contributed by atoms with Crippen LogP contribution in [0.5, 0.6) is 0 Å². The molecule has 0 radical (unpaired) electrons. The lowest BCUT2D eigenvalue weighted by atomic mass is 9.99. The molecular formula is C12H20N2O. The minimum Gasteiger partial charge on any atom is -0.273 e. The molecule has 2 aliphatic carbocycles. The van der Waals surface area contributed by atoms with Gasteiger partial charge in [-0.25, -0.2) is 5.43 Å². The van der Waals surface area contributed by atoms with E-state index in [0.29, 0.717) is 12.3 Å². The van der Waals surface area contributed by atoms with E-state index in [0.717, 1.165) is 25.2 Å². The first-order chi connectivity index (χ1) is 7.29. The predicted octanol–water partition coefficient (Wildman–Crippen LogP) is 2.47. The van der Waals surface area contributed by atoms with Gasteiger partial charge in [-0.3, -0.25) is 4.79 Å². The van der Waals surface area contributed by atoms with Crippen LogP contribution in [0.15, 0.2) is 5.10 Å². The molecule has 2 fully saturated rings. The molecule has 0 aliphatic heterocycles. The largest absolute Gasteiger partial charge is 0.273 e. The molecule has 2 atom stereocenters. The second kappa shape index (κ2) is 4.77. The van der Waals surface area contributed by atoms with Crippen LogP contribution in [0.3, 0.4) is 0 Å². The summed E-state index contributed by atoms with van der Waals surface area (Å²) < 4.78 is 0. The van der Waals surface area contributed by atoms with Crippen molar-refractivity contribution in [3.05, 3.63) is 0 Å². The Kier molecular flexibility index (Phi) is 3.39. The van der Waals surface area contributed by atoms with E-state index in [9.17, 15) is 4.79 Å². The molecule has 2 saturated carbocycles. The summed E-state index contributed by atoms with van der Waals surface area (Å²) in [6, 6.07) is 0. The van der Waals surface area contributed by atoms with Crippen molar-refractivity contribution in [2.75, 3.05) is 0 Å². The fraction of sp³-hybridized carbons (Fsp3) is 0.833. The van der Waals surface area contributed by atoms with Gasteiger partial charge in [0, 0.05) is 12.1 Å². The first-order valence-electron chi connectivity index (χ1n) is 6.15. The van der Waals surface area contributed by atoms with Crippen LogP contribution in [0.2, 0.25) is 0 Å². The van der Waals surface area contributed by atoms with Crippen molar-refractivity contribution in [3.63, 3.8) is 0 Å². The lowest BCUT2D eigenvalue weighted by molar-refractivity contribution is -0.121. The van der Waals surface area contributed by atoms with E-state index in [2.05, 4.69) is 17.5 Å². The van der Waals surface area contributed by atoms with Crippen molar-refractivity contribution in [1.29, 1.82) is 0 Å². The molecule has 1 amide bonds. The van der Waals surface area contributed by atoms with Gasteiger partial charge in [0.2, 0.25) is 5.91 Å². The SMILES string of the molecule is CCCCC(=O)NN=C1CC2CCC1C2. The summed E-state index contributed by atoms with van der Waals surface area (Å²) in [5.74, 6) is 1.62. The van der Waals surface area contributed by atoms with E-state index in [1.165, 1.54) is 25.0 Å². The molecule has 0 aromatic carbocycles. The number of carbonyl (C=O) groups excluding carboxylic acids is 1. The molecule has 3 heteroatoms. The van der Waals surface area contributed by atoms with Gasteiger partial charge >= 0.3 is 0 Å². The molecule has 84 valence electrons. The maximum atomic E-state index is 11.3. The molecule has 0 saturated heterocycles. The molecule has 0 spiro atoms. The number of carbonyl (C=O) groups is 1. The summed E-state index contributed by atoms with van der Waals surface area (Å²) in [6.07, 6.45) is 7.73. The standard InChI is InChI=1S/C12H20N2O/c1-2-3-4-12(15)14-13-11-8-9-5-6-10(11)7-9/h9-10H,2-8H2,1H3,(H,14,15). The number of rotatable bonds is 4. The Balaban J connectivity index is 1.77. The molecule has 15 heavy (non-hydrogen) atoms. The molecule has 2 rings (SSSR count). The summed E-state index contributed by atoms with van der Waals surface area (Å²) >= 11 is 0. The Bertz CT molecular complexity index is 273.